The molecule has 8 heteroatoms. The Morgan fingerprint density at radius 3 is 2.88 bits per heavy atom. The van der Waals surface area contributed by atoms with Gasteiger partial charge in [-0.1, -0.05) is 0 Å². The molecule has 2 heterocycles. The topological polar surface area (TPSA) is 79.6 Å². The Morgan fingerprint density at radius 1 is 1.53 bits per heavy atom. The third-order valence-corrected chi connectivity index (χ3v) is 2.25. The van der Waals surface area contributed by atoms with Gasteiger partial charge in [0.15, 0.2) is 0 Å². The van der Waals surface area contributed by atoms with Gasteiger partial charge in [0.25, 0.3) is 6.43 Å². The summed E-state index contributed by atoms with van der Waals surface area (Å²) in [6, 6.07) is 1.35. The van der Waals surface area contributed by atoms with Crippen LogP contribution in [-0.2, 0) is 6.54 Å². The predicted octanol–water partition coefficient (Wildman–Crippen LogP) is 0.907. The lowest BCUT2D eigenvalue weighted by atomic mass is 10.2. The van der Waals surface area contributed by atoms with Crippen LogP contribution in [0.2, 0.25) is 0 Å². The van der Waals surface area contributed by atoms with Gasteiger partial charge in [0.05, 0.1) is 24.5 Å². The number of nitrogens with one attached hydrogen (secondary N) is 1. The highest BCUT2D eigenvalue weighted by Gasteiger charge is 2.16. The van der Waals surface area contributed by atoms with Crippen LogP contribution in [0.25, 0.3) is 11.5 Å². The van der Waals surface area contributed by atoms with Crippen LogP contribution in [-0.4, -0.2) is 36.9 Å². The fourth-order valence-corrected chi connectivity index (χ4v) is 1.46. The van der Waals surface area contributed by atoms with E-state index in [0.29, 0.717) is 11.3 Å². The normalized spacial score (nSPS) is 11.4. The van der Waals surface area contributed by atoms with Gasteiger partial charge in [0, 0.05) is 0 Å². The summed E-state index contributed by atoms with van der Waals surface area (Å²) in [7, 11) is 0. The van der Waals surface area contributed by atoms with E-state index in [1.165, 1.54) is 10.9 Å². The number of rotatable bonds is 4. The van der Waals surface area contributed by atoms with Gasteiger partial charge in [-0.15, -0.1) is 10.2 Å². The van der Waals surface area contributed by atoms with Crippen LogP contribution in [0.4, 0.5) is 8.78 Å². The van der Waals surface area contributed by atoms with E-state index < -0.39 is 6.43 Å². The molecule has 0 aromatic carbocycles. The fraction of sp³-hybridized carbons (Fsp3) is 0.444. The van der Waals surface area contributed by atoms with Crippen LogP contribution in [0.5, 0.6) is 0 Å². The summed E-state index contributed by atoms with van der Waals surface area (Å²) in [6.07, 6.45) is -2.56. The Balaban J connectivity index is 2.31. The number of halogens is 2. The first-order valence-electron chi connectivity index (χ1n) is 4.98. The molecule has 0 amide bonds. The molecule has 0 bridgehead atoms. The smallest absolute Gasteiger partial charge is 0.278 e. The van der Waals surface area contributed by atoms with Crippen molar-refractivity contribution in [3.63, 3.8) is 0 Å². The Morgan fingerprint density at radius 2 is 2.29 bits per heavy atom. The number of hydrogen-bond acceptors (Lipinski definition) is 4. The van der Waals surface area contributed by atoms with Crippen molar-refractivity contribution in [1.29, 1.82) is 0 Å². The lowest BCUT2D eigenvalue weighted by Crippen LogP contribution is -2.05. The molecular weight excluding hydrogens is 232 g/mol. The molecule has 0 radical (unpaired) electrons. The summed E-state index contributed by atoms with van der Waals surface area (Å²) in [5.74, 6) is 0.239. The van der Waals surface area contributed by atoms with Crippen molar-refractivity contribution >= 4 is 0 Å². The average Bonchev–Trinajstić information content (AvgIpc) is 2.85. The van der Waals surface area contributed by atoms with Crippen molar-refractivity contribution < 1.29 is 13.9 Å². The largest absolute Gasteiger partial charge is 0.394 e. The Labute approximate surface area is 95.3 Å². The summed E-state index contributed by atoms with van der Waals surface area (Å²) < 4.78 is 25.0. The number of H-pyrrole nitrogens is 1. The number of aliphatic hydroxyl groups is 1. The van der Waals surface area contributed by atoms with Gasteiger partial charge in [-0.05, 0) is 23.8 Å². The van der Waals surface area contributed by atoms with E-state index in [-0.39, 0.29) is 24.7 Å². The van der Waals surface area contributed by atoms with Crippen LogP contribution in [0, 0.1) is 6.92 Å². The minimum atomic E-state index is -2.56. The number of aromatic amines is 1. The van der Waals surface area contributed by atoms with Crippen molar-refractivity contribution in [2.45, 2.75) is 19.9 Å². The highest BCUT2D eigenvalue weighted by molar-refractivity contribution is 5.55. The van der Waals surface area contributed by atoms with E-state index in [9.17, 15) is 8.78 Å². The Kier molecular flexibility index (Phi) is 3.14. The van der Waals surface area contributed by atoms with Gasteiger partial charge in [-0.3, -0.25) is 0 Å². The molecule has 6 nitrogen and oxygen atoms in total. The minimum Gasteiger partial charge on any atom is -0.394 e. The molecule has 0 aliphatic heterocycles. The summed E-state index contributed by atoms with van der Waals surface area (Å²) >= 11 is 0. The van der Waals surface area contributed by atoms with Crippen molar-refractivity contribution in [2.24, 2.45) is 0 Å². The maximum atomic E-state index is 12.5. The van der Waals surface area contributed by atoms with Crippen LogP contribution >= 0.6 is 0 Å². The SMILES string of the molecule is Cc1cc(C(F)F)[nH]c1-c1nnn(CCO)n1. The van der Waals surface area contributed by atoms with Crippen LogP contribution < -0.4 is 0 Å². The molecule has 2 aromatic heterocycles. The molecule has 0 atom stereocenters. The minimum absolute atomic E-state index is 0.109. The van der Waals surface area contributed by atoms with E-state index in [1.54, 1.807) is 6.92 Å². The number of hydrogen-bond donors (Lipinski definition) is 2. The van der Waals surface area contributed by atoms with Gasteiger partial charge in [-0.25, -0.2) is 8.78 Å². The number of aromatic nitrogens is 5. The summed E-state index contributed by atoms with van der Waals surface area (Å²) in [5, 5.41) is 20.1. The van der Waals surface area contributed by atoms with Crippen LogP contribution in [0.1, 0.15) is 17.7 Å². The van der Waals surface area contributed by atoms with E-state index in [2.05, 4.69) is 20.4 Å². The van der Waals surface area contributed by atoms with Crippen LogP contribution in [0.15, 0.2) is 6.07 Å². The highest BCUT2D eigenvalue weighted by Crippen LogP contribution is 2.25. The standard InChI is InChI=1S/C9H11F2N5O/c1-5-4-6(8(10)11)12-7(5)9-13-15-16(14-9)2-3-17/h4,8,12,17H,2-3H2,1H3. The molecular formula is C9H11F2N5O. The second-order valence-electron chi connectivity index (χ2n) is 3.52. The third-order valence-electron chi connectivity index (χ3n) is 2.25. The first-order chi connectivity index (χ1) is 8.11. The quantitative estimate of drug-likeness (QED) is 0.836. The number of tetrazole rings is 1. The van der Waals surface area contributed by atoms with Gasteiger partial charge < -0.3 is 10.1 Å². The molecule has 0 saturated heterocycles. The second kappa shape index (κ2) is 4.58. The number of alkyl halides is 2. The average molecular weight is 243 g/mol. The first-order valence-corrected chi connectivity index (χ1v) is 4.98. The van der Waals surface area contributed by atoms with Crippen LogP contribution in [0.3, 0.4) is 0 Å². The van der Waals surface area contributed by atoms with E-state index >= 15 is 0 Å². The second-order valence-corrected chi connectivity index (χ2v) is 3.52. The zero-order chi connectivity index (χ0) is 12.4. The predicted molar refractivity (Wildman–Crippen MR) is 54.4 cm³/mol. The molecule has 2 aromatic rings. The number of aryl methyl sites for hydroxylation is 1. The van der Waals surface area contributed by atoms with Gasteiger partial charge in [-0.2, -0.15) is 4.80 Å². The molecule has 0 aliphatic rings. The van der Waals surface area contributed by atoms with Crippen molar-refractivity contribution in [1.82, 2.24) is 25.2 Å². The van der Waals surface area contributed by atoms with Crippen molar-refractivity contribution in [3.8, 4) is 11.5 Å². The van der Waals surface area contributed by atoms with E-state index in [0.717, 1.165) is 0 Å². The van der Waals surface area contributed by atoms with E-state index in [1.807, 2.05) is 0 Å². The molecule has 0 saturated carbocycles. The van der Waals surface area contributed by atoms with E-state index in [4.69, 9.17) is 5.11 Å². The maximum absolute atomic E-state index is 12.5. The lowest BCUT2D eigenvalue weighted by Gasteiger charge is -1.93. The zero-order valence-corrected chi connectivity index (χ0v) is 9.06. The van der Waals surface area contributed by atoms with Crippen molar-refractivity contribution in [2.75, 3.05) is 6.61 Å². The molecule has 2 N–H and O–H groups in total. The number of aliphatic hydroxyl groups excluding tert-OH is 1. The van der Waals surface area contributed by atoms with Gasteiger partial charge in [0.1, 0.15) is 0 Å². The Hall–Kier alpha value is -1.83. The fourth-order valence-electron chi connectivity index (χ4n) is 1.46. The molecule has 17 heavy (non-hydrogen) atoms. The molecule has 0 spiro atoms. The van der Waals surface area contributed by atoms with Crippen molar-refractivity contribution in [3.05, 3.63) is 17.3 Å². The molecule has 0 aliphatic carbocycles. The first kappa shape index (κ1) is 11.6. The molecule has 2 rings (SSSR count). The number of nitrogens with zero attached hydrogens (tertiary/aromatic N) is 4. The zero-order valence-electron chi connectivity index (χ0n) is 9.06. The monoisotopic (exact) mass is 243 g/mol. The molecule has 0 unspecified atom stereocenters. The summed E-state index contributed by atoms with van der Waals surface area (Å²) in [4.78, 5) is 3.77. The lowest BCUT2D eigenvalue weighted by molar-refractivity contribution is 0.147. The highest BCUT2D eigenvalue weighted by atomic mass is 19.3. The maximum Gasteiger partial charge on any atom is 0.278 e. The molecule has 92 valence electrons. The summed E-state index contributed by atoms with van der Waals surface area (Å²) in [5.41, 5.74) is 0.879. The molecule has 0 fully saturated rings. The van der Waals surface area contributed by atoms with Gasteiger partial charge >= 0.3 is 0 Å². The third kappa shape index (κ3) is 2.31. The van der Waals surface area contributed by atoms with Gasteiger partial charge in [0.2, 0.25) is 5.82 Å². The summed E-state index contributed by atoms with van der Waals surface area (Å²) in [6.45, 7) is 1.79. The Bertz CT molecular complexity index is 507.